The molecule has 2 saturated carbocycles. The molecule has 2 rings (SSSR count). The molecule has 0 saturated heterocycles. The Kier molecular flexibility index (Phi) is 4.99. The van der Waals surface area contributed by atoms with Crippen molar-refractivity contribution in [1.82, 2.24) is 16.0 Å². The van der Waals surface area contributed by atoms with Crippen LogP contribution in [0.4, 0.5) is 0 Å². The second-order valence-corrected chi connectivity index (χ2v) is 5.32. The van der Waals surface area contributed by atoms with Crippen LogP contribution >= 0.6 is 0 Å². The van der Waals surface area contributed by atoms with Gasteiger partial charge in [0.15, 0.2) is 0 Å². The highest BCUT2D eigenvalue weighted by atomic mass is 16.2. The van der Waals surface area contributed by atoms with Crippen molar-refractivity contribution in [3.8, 4) is 0 Å². The van der Waals surface area contributed by atoms with Crippen molar-refractivity contribution in [2.45, 2.75) is 57.0 Å². The number of carbonyl (C=O) groups excluding carboxylic acids is 2. The van der Waals surface area contributed by atoms with E-state index < -0.39 is 0 Å². The lowest BCUT2D eigenvalue weighted by molar-refractivity contribution is -0.122. The van der Waals surface area contributed by atoms with Crippen molar-refractivity contribution in [3.05, 3.63) is 0 Å². The van der Waals surface area contributed by atoms with Crippen LogP contribution in [0.2, 0.25) is 0 Å². The Hall–Kier alpha value is -1.10. The monoisotopic (exact) mass is 253 g/mol. The van der Waals surface area contributed by atoms with E-state index in [1.165, 1.54) is 12.8 Å². The van der Waals surface area contributed by atoms with Crippen molar-refractivity contribution >= 4 is 11.8 Å². The number of carbonyl (C=O) groups is 2. The van der Waals surface area contributed by atoms with Gasteiger partial charge in [0.1, 0.15) is 0 Å². The van der Waals surface area contributed by atoms with E-state index in [2.05, 4.69) is 16.0 Å². The molecule has 0 atom stereocenters. The third-order valence-electron chi connectivity index (χ3n) is 3.48. The number of hydrogen-bond acceptors (Lipinski definition) is 3. The van der Waals surface area contributed by atoms with Crippen LogP contribution < -0.4 is 16.0 Å². The number of nitrogens with one attached hydrogen (secondary N) is 3. The lowest BCUT2D eigenvalue weighted by Gasteiger charge is -2.12. The fraction of sp³-hybridized carbons (Fsp3) is 0.846. The highest BCUT2D eigenvalue weighted by Gasteiger charge is 2.22. The summed E-state index contributed by atoms with van der Waals surface area (Å²) in [5.74, 6) is 0.130. The van der Waals surface area contributed by atoms with Crippen LogP contribution in [0.5, 0.6) is 0 Å². The molecule has 2 fully saturated rings. The summed E-state index contributed by atoms with van der Waals surface area (Å²) >= 11 is 0. The van der Waals surface area contributed by atoms with Gasteiger partial charge in [0.25, 0.3) is 0 Å². The van der Waals surface area contributed by atoms with Gasteiger partial charge in [-0.2, -0.15) is 0 Å². The predicted octanol–water partition coefficient (Wildman–Crippen LogP) is 0.304. The van der Waals surface area contributed by atoms with E-state index in [-0.39, 0.29) is 11.8 Å². The van der Waals surface area contributed by atoms with E-state index in [9.17, 15) is 9.59 Å². The topological polar surface area (TPSA) is 70.2 Å². The first kappa shape index (κ1) is 13.3. The van der Waals surface area contributed by atoms with Gasteiger partial charge in [-0.05, 0) is 25.7 Å². The maximum Gasteiger partial charge on any atom is 0.234 e. The zero-order valence-corrected chi connectivity index (χ0v) is 10.8. The Morgan fingerprint density at radius 1 is 0.889 bits per heavy atom. The summed E-state index contributed by atoms with van der Waals surface area (Å²) in [6.07, 6.45) is 7.34. The Labute approximate surface area is 108 Å². The van der Waals surface area contributed by atoms with Gasteiger partial charge in [0.2, 0.25) is 11.8 Å². The zero-order valence-electron chi connectivity index (χ0n) is 10.8. The molecular formula is C13H23N3O2. The fourth-order valence-electron chi connectivity index (χ4n) is 2.28. The third kappa shape index (κ3) is 5.04. The molecule has 2 aliphatic rings. The molecule has 0 heterocycles. The van der Waals surface area contributed by atoms with E-state index in [1.54, 1.807) is 0 Å². The molecule has 0 aromatic carbocycles. The number of hydrogen-bond donors (Lipinski definition) is 3. The smallest absolute Gasteiger partial charge is 0.234 e. The summed E-state index contributed by atoms with van der Waals surface area (Å²) in [5, 5.41) is 8.94. The van der Waals surface area contributed by atoms with Gasteiger partial charge in [-0.15, -0.1) is 0 Å². The van der Waals surface area contributed by atoms with Gasteiger partial charge in [-0.1, -0.05) is 12.8 Å². The maximum atomic E-state index is 11.6. The summed E-state index contributed by atoms with van der Waals surface area (Å²) in [4.78, 5) is 22.9. The molecule has 2 amide bonds. The van der Waals surface area contributed by atoms with Crippen LogP contribution in [0.3, 0.4) is 0 Å². The Morgan fingerprint density at radius 3 is 2.17 bits per heavy atom. The molecule has 0 unspecified atom stereocenters. The number of amides is 2. The van der Waals surface area contributed by atoms with Gasteiger partial charge in [-0.25, -0.2) is 0 Å². The summed E-state index contributed by atoms with van der Waals surface area (Å²) < 4.78 is 0. The molecule has 2 aliphatic carbocycles. The van der Waals surface area contributed by atoms with Gasteiger partial charge >= 0.3 is 0 Å². The predicted molar refractivity (Wildman–Crippen MR) is 69.1 cm³/mol. The van der Waals surface area contributed by atoms with Gasteiger partial charge in [0.05, 0.1) is 6.54 Å². The van der Waals surface area contributed by atoms with E-state index >= 15 is 0 Å². The van der Waals surface area contributed by atoms with Crippen molar-refractivity contribution in [1.29, 1.82) is 0 Å². The summed E-state index contributed by atoms with van der Waals surface area (Å²) in [5.41, 5.74) is 0. The van der Waals surface area contributed by atoms with Crippen molar-refractivity contribution < 1.29 is 9.59 Å². The third-order valence-corrected chi connectivity index (χ3v) is 3.48. The average Bonchev–Trinajstić information content (AvgIpc) is 2.99. The quantitative estimate of drug-likeness (QED) is 0.572. The summed E-state index contributed by atoms with van der Waals surface area (Å²) in [7, 11) is 0. The lowest BCUT2D eigenvalue weighted by atomic mass is 10.2. The molecule has 0 radical (unpaired) electrons. The highest BCUT2D eigenvalue weighted by Crippen LogP contribution is 2.18. The molecular weight excluding hydrogens is 230 g/mol. The van der Waals surface area contributed by atoms with Crippen LogP contribution in [-0.4, -0.2) is 37.0 Å². The molecule has 0 aromatic rings. The van der Waals surface area contributed by atoms with Crippen LogP contribution in [0.25, 0.3) is 0 Å². The van der Waals surface area contributed by atoms with Crippen molar-refractivity contribution in [2.24, 2.45) is 0 Å². The molecule has 3 N–H and O–H groups in total. The standard InChI is InChI=1S/C13H23N3O2/c17-12(15-11-5-6-11)7-8-14-9-13(18)16-10-3-1-2-4-10/h10-11,14H,1-9H2,(H,15,17)(H,16,18). The summed E-state index contributed by atoms with van der Waals surface area (Å²) in [6, 6.07) is 0.792. The molecule has 0 bridgehead atoms. The summed E-state index contributed by atoms with van der Waals surface area (Å²) in [6.45, 7) is 0.879. The lowest BCUT2D eigenvalue weighted by Crippen LogP contribution is -2.40. The van der Waals surface area contributed by atoms with E-state index in [1.807, 2.05) is 0 Å². The molecule has 5 nitrogen and oxygen atoms in total. The van der Waals surface area contributed by atoms with Crippen LogP contribution in [0, 0.1) is 0 Å². The molecule has 102 valence electrons. The van der Waals surface area contributed by atoms with Crippen LogP contribution in [-0.2, 0) is 9.59 Å². The molecule has 5 heteroatoms. The van der Waals surface area contributed by atoms with Crippen LogP contribution in [0.15, 0.2) is 0 Å². The minimum absolute atomic E-state index is 0.0458. The van der Waals surface area contributed by atoms with Crippen molar-refractivity contribution in [3.63, 3.8) is 0 Å². The van der Waals surface area contributed by atoms with Gasteiger partial charge in [0, 0.05) is 25.0 Å². The van der Waals surface area contributed by atoms with E-state index in [4.69, 9.17) is 0 Å². The molecule has 0 aromatic heterocycles. The number of rotatable bonds is 7. The molecule has 0 spiro atoms. The largest absolute Gasteiger partial charge is 0.353 e. The normalized spacial score (nSPS) is 19.8. The second-order valence-electron chi connectivity index (χ2n) is 5.32. The Balaban J connectivity index is 1.46. The zero-order chi connectivity index (χ0) is 12.8. The minimum atomic E-state index is 0.0458. The van der Waals surface area contributed by atoms with Crippen molar-refractivity contribution in [2.75, 3.05) is 13.1 Å². The second kappa shape index (κ2) is 6.73. The highest BCUT2D eigenvalue weighted by molar-refractivity contribution is 5.79. The minimum Gasteiger partial charge on any atom is -0.353 e. The van der Waals surface area contributed by atoms with Gasteiger partial charge < -0.3 is 16.0 Å². The maximum absolute atomic E-state index is 11.6. The molecule has 0 aliphatic heterocycles. The molecule has 18 heavy (non-hydrogen) atoms. The fourth-order valence-corrected chi connectivity index (χ4v) is 2.28. The first-order valence-corrected chi connectivity index (χ1v) is 7.03. The Morgan fingerprint density at radius 2 is 1.50 bits per heavy atom. The Bertz CT molecular complexity index is 297. The van der Waals surface area contributed by atoms with E-state index in [0.29, 0.717) is 31.6 Å². The first-order valence-electron chi connectivity index (χ1n) is 7.03. The van der Waals surface area contributed by atoms with Gasteiger partial charge in [-0.3, -0.25) is 9.59 Å². The van der Waals surface area contributed by atoms with E-state index in [0.717, 1.165) is 25.7 Å². The average molecular weight is 253 g/mol. The first-order chi connectivity index (χ1) is 8.74. The van der Waals surface area contributed by atoms with Crippen LogP contribution in [0.1, 0.15) is 44.9 Å². The SMILES string of the molecule is O=C(CCNCC(=O)NC1CCCC1)NC1CC1.